The van der Waals surface area contributed by atoms with Gasteiger partial charge in [0.05, 0.1) is 10.6 Å². The first kappa shape index (κ1) is 18.1. The number of benzene rings is 2. The Morgan fingerprint density at radius 1 is 1.10 bits per heavy atom. The number of thiophene rings is 1. The van der Waals surface area contributed by atoms with Gasteiger partial charge in [-0.25, -0.2) is 0 Å². The molecule has 0 atom stereocenters. The number of aromatic nitrogens is 1. The van der Waals surface area contributed by atoms with Gasteiger partial charge in [0, 0.05) is 22.5 Å². The van der Waals surface area contributed by atoms with E-state index in [4.69, 9.17) is 21.1 Å². The van der Waals surface area contributed by atoms with Crippen molar-refractivity contribution in [1.29, 1.82) is 0 Å². The average Bonchev–Trinajstić information content (AvgIpc) is 3.46. The third-order valence-corrected chi connectivity index (χ3v) is 5.99. The molecule has 146 valence electrons. The maximum absolute atomic E-state index is 12.7. The third-order valence-electron chi connectivity index (χ3n) is 4.87. The van der Waals surface area contributed by atoms with Gasteiger partial charge in [-0.1, -0.05) is 23.7 Å². The fourth-order valence-electron chi connectivity index (χ4n) is 3.49. The number of carbonyl (C=O) groups is 1. The van der Waals surface area contributed by atoms with Crippen LogP contribution in [0.25, 0.3) is 21.5 Å². The van der Waals surface area contributed by atoms with Crippen molar-refractivity contribution in [2.75, 3.05) is 6.79 Å². The molecule has 2 aromatic heterocycles. The van der Waals surface area contributed by atoms with Crippen LogP contribution in [0.5, 0.6) is 11.5 Å². The van der Waals surface area contributed by atoms with E-state index < -0.39 is 0 Å². The monoisotopic (exact) mass is 424 g/mol. The normalized spacial score (nSPS) is 12.4. The molecule has 7 heteroatoms. The van der Waals surface area contributed by atoms with Crippen LogP contribution in [-0.2, 0) is 17.9 Å². The number of carbonyl (C=O) groups excluding carboxylic acids is 1. The fraction of sp³-hybridized carbons (Fsp3) is 0.136. The summed E-state index contributed by atoms with van der Waals surface area (Å²) in [7, 11) is 0. The summed E-state index contributed by atoms with van der Waals surface area (Å²) in [5, 5.41) is 6.73. The van der Waals surface area contributed by atoms with Gasteiger partial charge in [-0.15, -0.1) is 11.3 Å². The summed E-state index contributed by atoms with van der Waals surface area (Å²) < 4.78 is 12.8. The molecule has 0 saturated heterocycles. The molecule has 1 amide bonds. The van der Waals surface area contributed by atoms with E-state index in [-0.39, 0.29) is 19.2 Å². The van der Waals surface area contributed by atoms with Crippen LogP contribution >= 0.6 is 22.9 Å². The summed E-state index contributed by atoms with van der Waals surface area (Å²) in [5.74, 6) is 1.39. The second-order valence-electron chi connectivity index (χ2n) is 6.76. The molecule has 0 bridgehead atoms. The lowest BCUT2D eigenvalue weighted by Gasteiger charge is -2.11. The van der Waals surface area contributed by atoms with Crippen LogP contribution in [0.2, 0.25) is 5.02 Å². The van der Waals surface area contributed by atoms with Gasteiger partial charge in [-0.2, -0.15) is 0 Å². The Morgan fingerprint density at radius 2 is 2.00 bits per heavy atom. The second kappa shape index (κ2) is 7.46. The number of nitrogens with one attached hydrogen (secondary N) is 1. The number of hydrogen-bond acceptors (Lipinski definition) is 4. The molecule has 0 unspecified atom stereocenters. The highest BCUT2D eigenvalue weighted by Crippen LogP contribution is 2.33. The predicted molar refractivity (Wildman–Crippen MR) is 115 cm³/mol. The molecule has 5 rings (SSSR count). The zero-order chi connectivity index (χ0) is 19.8. The first-order chi connectivity index (χ1) is 14.2. The lowest BCUT2D eigenvalue weighted by Crippen LogP contribution is -2.27. The highest BCUT2D eigenvalue weighted by atomic mass is 35.5. The van der Waals surface area contributed by atoms with Crippen molar-refractivity contribution in [3.8, 4) is 22.1 Å². The summed E-state index contributed by atoms with van der Waals surface area (Å²) in [5.41, 5.74) is 2.96. The topological polar surface area (TPSA) is 52.5 Å². The maximum atomic E-state index is 12.7. The molecule has 0 aliphatic carbocycles. The van der Waals surface area contributed by atoms with Crippen LogP contribution in [0.1, 0.15) is 5.56 Å². The number of nitrogens with zero attached hydrogens (tertiary/aromatic N) is 1. The fourth-order valence-corrected chi connectivity index (χ4v) is 4.42. The van der Waals surface area contributed by atoms with Crippen LogP contribution in [0.3, 0.4) is 0 Å². The number of hydrogen-bond donors (Lipinski definition) is 1. The lowest BCUT2D eigenvalue weighted by atomic mass is 10.2. The van der Waals surface area contributed by atoms with Gasteiger partial charge in [0.25, 0.3) is 0 Å². The van der Waals surface area contributed by atoms with Crippen LogP contribution in [0.4, 0.5) is 0 Å². The van der Waals surface area contributed by atoms with Gasteiger partial charge in [0.2, 0.25) is 12.7 Å². The number of ether oxygens (including phenoxy) is 2. The maximum Gasteiger partial charge on any atom is 0.240 e. The Balaban J connectivity index is 1.38. The van der Waals surface area contributed by atoms with E-state index in [1.165, 1.54) is 0 Å². The van der Waals surface area contributed by atoms with Crippen LogP contribution < -0.4 is 14.8 Å². The number of halogens is 1. The standard InChI is InChI=1S/C22H17ClN2O3S/c23-16-4-5-17-15(9-16)10-18(21-2-1-7-29-21)25(17)12-22(26)24-11-14-3-6-19-20(8-14)28-13-27-19/h1-10H,11-13H2,(H,24,26). The molecular formula is C22H17ClN2O3S. The minimum absolute atomic E-state index is 0.0621. The number of amides is 1. The van der Waals surface area contributed by atoms with Gasteiger partial charge < -0.3 is 19.4 Å². The Kier molecular flexibility index (Phi) is 4.66. The van der Waals surface area contributed by atoms with Crippen LogP contribution in [0, 0.1) is 0 Å². The second-order valence-corrected chi connectivity index (χ2v) is 8.14. The Labute approximate surface area is 176 Å². The Hall–Kier alpha value is -2.96. The highest BCUT2D eigenvalue weighted by Gasteiger charge is 2.16. The van der Waals surface area contributed by atoms with E-state index in [9.17, 15) is 4.79 Å². The minimum Gasteiger partial charge on any atom is -0.454 e. The van der Waals surface area contributed by atoms with Gasteiger partial charge in [0.1, 0.15) is 6.54 Å². The molecule has 3 heterocycles. The van der Waals surface area contributed by atoms with E-state index in [2.05, 4.69) is 17.4 Å². The van der Waals surface area contributed by atoms with Gasteiger partial charge >= 0.3 is 0 Å². The molecule has 0 fully saturated rings. The van der Waals surface area contributed by atoms with E-state index in [0.717, 1.165) is 32.8 Å². The zero-order valence-electron chi connectivity index (χ0n) is 15.4. The molecule has 4 aromatic rings. The molecule has 1 aliphatic heterocycles. The SMILES string of the molecule is O=C(Cn1c(-c2cccs2)cc2cc(Cl)ccc21)NCc1ccc2c(c1)OCO2. The molecule has 0 spiro atoms. The van der Waals surface area contributed by atoms with Crippen molar-refractivity contribution in [2.45, 2.75) is 13.1 Å². The van der Waals surface area contributed by atoms with Crippen LogP contribution in [-0.4, -0.2) is 17.3 Å². The third kappa shape index (κ3) is 3.57. The molecule has 29 heavy (non-hydrogen) atoms. The van der Waals surface area contributed by atoms with Gasteiger partial charge in [-0.05, 0) is 53.4 Å². The van der Waals surface area contributed by atoms with Crippen molar-refractivity contribution in [3.05, 3.63) is 70.6 Å². The molecule has 1 N–H and O–H groups in total. The van der Waals surface area contributed by atoms with E-state index in [1.54, 1.807) is 11.3 Å². The molecule has 0 radical (unpaired) electrons. The number of fused-ring (bicyclic) bond motifs is 2. The molecule has 5 nitrogen and oxygen atoms in total. The summed E-state index contributed by atoms with van der Waals surface area (Å²) in [6, 6.07) is 17.6. The molecular weight excluding hydrogens is 408 g/mol. The first-order valence-corrected chi connectivity index (χ1v) is 10.4. The first-order valence-electron chi connectivity index (χ1n) is 9.15. The molecule has 0 saturated carbocycles. The van der Waals surface area contributed by atoms with E-state index >= 15 is 0 Å². The molecule has 1 aliphatic rings. The zero-order valence-corrected chi connectivity index (χ0v) is 16.9. The smallest absolute Gasteiger partial charge is 0.240 e. The Morgan fingerprint density at radius 3 is 2.86 bits per heavy atom. The molecule has 2 aromatic carbocycles. The summed E-state index contributed by atoms with van der Waals surface area (Å²) >= 11 is 7.81. The quantitative estimate of drug-likeness (QED) is 0.486. The average molecular weight is 425 g/mol. The van der Waals surface area contributed by atoms with Gasteiger partial charge in [0.15, 0.2) is 11.5 Å². The predicted octanol–water partition coefficient (Wildman–Crippen LogP) is 5.07. The van der Waals surface area contributed by atoms with Crippen molar-refractivity contribution >= 4 is 39.7 Å². The lowest BCUT2D eigenvalue weighted by molar-refractivity contribution is -0.121. The minimum atomic E-state index is -0.0621. The van der Waals surface area contributed by atoms with E-state index in [1.807, 2.05) is 52.4 Å². The highest BCUT2D eigenvalue weighted by molar-refractivity contribution is 7.13. The van der Waals surface area contributed by atoms with Crippen molar-refractivity contribution in [2.24, 2.45) is 0 Å². The Bertz CT molecular complexity index is 1200. The van der Waals surface area contributed by atoms with Gasteiger partial charge in [-0.3, -0.25) is 4.79 Å². The van der Waals surface area contributed by atoms with Crippen LogP contribution in [0.15, 0.2) is 60.0 Å². The van der Waals surface area contributed by atoms with E-state index in [0.29, 0.717) is 17.3 Å². The summed E-state index contributed by atoms with van der Waals surface area (Å²) in [4.78, 5) is 13.9. The summed E-state index contributed by atoms with van der Waals surface area (Å²) in [6.07, 6.45) is 0. The number of rotatable bonds is 5. The summed E-state index contributed by atoms with van der Waals surface area (Å²) in [6.45, 7) is 0.888. The van der Waals surface area contributed by atoms with Crippen molar-refractivity contribution in [3.63, 3.8) is 0 Å². The largest absolute Gasteiger partial charge is 0.454 e. The van der Waals surface area contributed by atoms with Crippen molar-refractivity contribution in [1.82, 2.24) is 9.88 Å². The van der Waals surface area contributed by atoms with Crippen molar-refractivity contribution < 1.29 is 14.3 Å².